The quantitative estimate of drug-likeness (QED) is 0.267. The molecule has 1 aromatic carbocycles. The summed E-state index contributed by atoms with van der Waals surface area (Å²) < 4.78 is 20.1. The van der Waals surface area contributed by atoms with Crippen LogP contribution in [0.15, 0.2) is 12.1 Å². The Morgan fingerprint density at radius 1 is 0.968 bits per heavy atom. The molecule has 0 bridgehead atoms. The minimum atomic E-state index is -1.51. The number of amides is 1. The standard InChI is InChI=1S/C22H33NO8/c1-4-10-28-15-19(24)31-20-16(2)12-18(13-17(20)3)14-30-21(25)23-9-7-5-6-8-11-29-22(26)27/h12-13H,4-11,14-15H2,1-3H3,(H,23,25)(H,26,27)/p-1. The summed E-state index contributed by atoms with van der Waals surface area (Å²) in [7, 11) is 0. The van der Waals surface area contributed by atoms with Gasteiger partial charge in [-0.05, 0) is 61.9 Å². The van der Waals surface area contributed by atoms with Gasteiger partial charge in [-0.1, -0.05) is 19.8 Å². The fourth-order valence-corrected chi connectivity index (χ4v) is 2.85. The minimum absolute atomic E-state index is 0.0919. The number of aryl methyl sites for hydroxylation is 2. The van der Waals surface area contributed by atoms with Gasteiger partial charge >= 0.3 is 12.1 Å². The first-order valence-corrected chi connectivity index (χ1v) is 10.5. The number of unbranched alkanes of at least 4 members (excludes halogenated alkanes) is 3. The summed E-state index contributed by atoms with van der Waals surface area (Å²) in [4.78, 5) is 33.8. The normalized spacial score (nSPS) is 10.4. The third-order valence-corrected chi connectivity index (χ3v) is 4.23. The second-order valence-corrected chi connectivity index (χ2v) is 7.10. The number of alkyl carbamates (subject to hydrolysis) is 1. The van der Waals surface area contributed by atoms with Crippen molar-refractivity contribution < 1.29 is 38.4 Å². The van der Waals surface area contributed by atoms with Gasteiger partial charge in [-0.15, -0.1) is 0 Å². The van der Waals surface area contributed by atoms with Crippen molar-refractivity contribution in [2.45, 2.75) is 59.5 Å². The molecule has 1 rings (SSSR count). The third kappa shape index (κ3) is 11.8. The Labute approximate surface area is 183 Å². The van der Waals surface area contributed by atoms with Crippen molar-refractivity contribution in [2.24, 2.45) is 0 Å². The van der Waals surface area contributed by atoms with Crippen LogP contribution in [-0.2, 0) is 25.6 Å². The summed E-state index contributed by atoms with van der Waals surface area (Å²) >= 11 is 0. The largest absolute Gasteiger partial charge is 0.550 e. The van der Waals surface area contributed by atoms with E-state index in [-0.39, 0.29) is 19.8 Å². The molecule has 0 aliphatic rings. The first-order valence-electron chi connectivity index (χ1n) is 10.5. The van der Waals surface area contributed by atoms with E-state index in [2.05, 4.69) is 10.1 Å². The van der Waals surface area contributed by atoms with Crippen LogP contribution in [-0.4, -0.2) is 44.6 Å². The first-order chi connectivity index (χ1) is 14.8. The highest BCUT2D eigenvalue weighted by Crippen LogP contribution is 2.25. The van der Waals surface area contributed by atoms with Crippen molar-refractivity contribution in [2.75, 3.05) is 26.4 Å². The Morgan fingerprint density at radius 2 is 1.65 bits per heavy atom. The molecule has 31 heavy (non-hydrogen) atoms. The molecule has 0 atom stereocenters. The topological polar surface area (TPSA) is 123 Å². The van der Waals surface area contributed by atoms with Crippen LogP contribution in [0.5, 0.6) is 5.75 Å². The average Bonchev–Trinajstić information content (AvgIpc) is 2.71. The summed E-state index contributed by atoms with van der Waals surface area (Å²) in [5.41, 5.74) is 2.33. The molecule has 1 aromatic rings. The van der Waals surface area contributed by atoms with Crippen LogP contribution in [0.25, 0.3) is 0 Å². The molecule has 0 aromatic heterocycles. The van der Waals surface area contributed by atoms with Gasteiger partial charge in [0.05, 0.1) is 0 Å². The maximum absolute atomic E-state index is 11.9. The number of esters is 1. The lowest BCUT2D eigenvalue weighted by Crippen LogP contribution is -2.25. The fourth-order valence-electron chi connectivity index (χ4n) is 2.85. The Balaban J connectivity index is 2.31. The van der Waals surface area contributed by atoms with Gasteiger partial charge in [-0.2, -0.15) is 0 Å². The second-order valence-electron chi connectivity index (χ2n) is 7.10. The molecule has 9 heteroatoms. The fraction of sp³-hybridized carbons (Fsp3) is 0.591. The lowest BCUT2D eigenvalue weighted by atomic mass is 10.1. The van der Waals surface area contributed by atoms with Crippen LogP contribution in [0, 0.1) is 13.8 Å². The van der Waals surface area contributed by atoms with Crippen LogP contribution in [0.4, 0.5) is 9.59 Å². The summed E-state index contributed by atoms with van der Waals surface area (Å²) in [5, 5.41) is 12.8. The van der Waals surface area contributed by atoms with Crippen molar-refractivity contribution in [3.8, 4) is 5.75 Å². The first kappa shape index (κ1) is 26.2. The molecule has 0 fully saturated rings. The maximum Gasteiger partial charge on any atom is 0.407 e. The number of carboxylic acid groups (broad SMARTS) is 1. The Morgan fingerprint density at radius 3 is 2.29 bits per heavy atom. The summed E-state index contributed by atoms with van der Waals surface area (Å²) in [5.74, 6) is 0.0396. The molecule has 0 aliphatic heterocycles. The number of rotatable bonds is 14. The molecule has 0 radical (unpaired) electrons. The predicted octanol–water partition coefficient (Wildman–Crippen LogP) is 2.78. The molecule has 0 unspecified atom stereocenters. The smallest absolute Gasteiger partial charge is 0.407 e. The highest BCUT2D eigenvalue weighted by Gasteiger charge is 2.12. The molecule has 0 saturated carbocycles. The van der Waals surface area contributed by atoms with E-state index < -0.39 is 18.2 Å². The Kier molecular flexibility index (Phi) is 12.7. The average molecular weight is 438 g/mol. The van der Waals surface area contributed by atoms with Crippen LogP contribution in [0.3, 0.4) is 0 Å². The number of carbonyl (C=O) groups excluding carboxylic acids is 3. The van der Waals surface area contributed by atoms with Crippen LogP contribution >= 0.6 is 0 Å². The highest BCUT2D eigenvalue weighted by atomic mass is 16.7. The number of hydrogen-bond donors (Lipinski definition) is 1. The number of hydrogen-bond acceptors (Lipinski definition) is 8. The van der Waals surface area contributed by atoms with Crippen molar-refractivity contribution in [1.29, 1.82) is 0 Å². The van der Waals surface area contributed by atoms with E-state index in [1.165, 1.54) is 0 Å². The Bertz CT molecular complexity index is 696. The van der Waals surface area contributed by atoms with E-state index in [0.29, 0.717) is 25.3 Å². The van der Waals surface area contributed by atoms with Crippen molar-refractivity contribution in [1.82, 2.24) is 5.32 Å². The third-order valence-electron chi connectivity index (χ3n) is 4.23. The van der Waals surface area contributed by atoms with Gasteiger partial charge in [-0.25, -0.2) is 9.59 Å². The van der Waals surface area contributed by atoms with Gasteiger partial charge in [0.1, 0.15) is 19.0 Å². The number of carbonyl (C=O) groups is 3. The highest BCUT2D eigenvalue weighted by molar-refractivity contribution is 5.74. The summed E-state index contributed by atoms with van der Waals surface area (Å²) in [6.07, 6.45) is 1.80. The molecule has 0 heterocycles. The van der Waals surface area contributed by atoms with Crippen molar-refractivity contribution in [3.63, 3.8) is 0 Å². The second kappa shape index (κ2) is 15.1. The SMILES string of the molecule is CCCOCC(=O)Oc1c(C)cc(COC(=O)NCCCCCCOC(=O)[O-])cc1C. The van der Waals surface area contributed by atoms with Crippen LogP contribution < -0.4 is 15.2 Å². The molecule has 174 valence electrons. The van der Waals surface area contributed by atoms with E-state index in [4.69, 9.17) is 14.2 Å². The minimum Gasteiger partial charge on any atom is -0.550 e. The van der Waals surface area contributed by atoms with Gasteiger partial charge in [-0.3, -0.25) is 0 Å². The number of benzene rings is 1. The van der Waals surface area contributed by atoms with Crippen molar-refractivity contribution in [3.05, 3.63) is 28.8 Å². The zero-order valence-corrected chi connectivity index (χ0v) is 18.5. The van der Waals surface area contributed by atoms with Gasteiger partial charge in [0.15, 0.2) is 0 Å². The van der Waals surface area contributed by atoms with Gasteiger partial charge in [0, 0.05) is 19.8 Å². The molecule has 1 N–H and O–H groups in total. The van der Waals surface area contributed by atoms with E-state index >= 15 is 0 Å². The van der Waals surface area contributed by atoms with Gasteiger partial charge in [0.2, 0.25) is 0 Å². The van der Waals surface area contributed by atoms with E-state index in [1.807, 2.05) is 32.9 Å². The molecule has 0 spiro atoms. The number of ether oxygens (including phenoxy) is 4. The van der Waals surface area contributed by atoms with Crippen LogP contribution in [0.2, 0.25) is 0 Å². The molecule has 1 amide bonds. The Hall–Kier alpha value is -2.81. The molecule has 0 saturated heterocycles. The van der Waals surface area contributed by atoms with Crippen molar-refractivity contribution >= 4 is 18.2 Å². The van der Waals surface area contributed by atoms with Gasteiger partial charge in [0.25, 0.3) is 6.16 Å². The van der Waals surface area contributed by atoms with E-state index in [1.54, 1.807) is 0 Å². The number of nitrogens with one attached hydrogen (secondary N) is 1. The maximum atomic E-state index is 11.9. The summed E-state index contributed by atoms with van der Waals surface area (Å²) in [6.45, 7) is 6.71. The van der Waals surface area contributed by atoms with Gasteiger partial charge < -0.3 is 34.2 Å². The van der Waals surface area contributed by atoms with Crippen LogP contribution in [0.1, 0.15) is 55.7 Å². The molecular formula is C22H32NO8-. The molecule has 9 nitrogen and oxygen atoms in total. The lowest BCUT2D eigenvalue weighted by Gasteiger charge is -2.13. The zero-order chi connectivity index (χ0) is 23.1. The molecule has 0 aliphatic carbocycles. The zero-order valence-electron chi connectivity index (χ0n) is 18.5. The van der Waals surface area contributed by atoms with E-state index in [9.17, 15) is 19.5 Å². The predicted molar refractivity (Wildman–Crippen MR) is 111 cm³/mol. The monoisotopic (exact) mass is 438 g/mol. The summed E-state index contributed by atoms with van der Waals surface area (Å²) in [6, 6.07) is 3.62. The molecular weight excluding hydrogens is 406 g/mol. The van der Waals surface area contributed by atoms with E-state index in [0.717, 1.165) is 42.4 Å². The lowest BCUT2D eigenvalue weighted by molar-refractivity contribution is -0.282.